The second-order valence-corrected chi connectivity index (χ2v) is 5.59. The van der Waals surface area contributed by atoms with Crippen molar-refractivity contribution < 1.29 is 19.8 Å². The molecule has 6 heteroatoms. The number of anilines is 1. The van der Waals surface area contributed by atoms with Gasteiger partial charge < -0.3 is 20.4 Å². The number of amides is 1. The molecule has 3 N–H and O–H groups in total. The minimum absolute atomic E-state index is 0.0458. The second-order valence-electron chi connectivity index (χ2n) is 5.59. The third-order valence-electron chi connectivity index (χ3n) is 4.12. The minimum atomic E-state index is -0.957. The Balaban J connectivity index is 1.86. The molecule has 1 amide bonds. The molecule has 2 aliphatic heterocycles. The summed E-state index contributed by atoms with van der Waals surface area (Å²) in [4.78, 5) is 25.3. The maximum atomic E-state index is 12.6. The first-order chi connectivity index (χ1) is 10.1. The van der Waals surface area contributed by atoms with Crippen molar-refractivity contribution in [3.63, 3.8) is 0 Å². The molecule has 6 nitrogen and oxygen atoms in total. The largest absolute Gasteiger partial charge is 0.478 e. The summed E-state index contributed by atoms with van der Waals surface area (Å²) in [5, 5.41) is 21.6. The zero-order chi connectivity index (χ0) is 15.0. The van der Waals surface area contributed by atoms with Crippen LogP contribution in [0, 0.1) is 0 Å². The number of nitrogens with one attached hydrogen (secondary N) is 1. The number of benzene rings is 1. The van der Waals surface area contributed by atoms with Crippen LogP contribution in [0.25, 0.3) is 0 Å². The van der Waals surface area contributed by atoms with E-state index in [2.05, 4.69) is 5.32 Å². The van der Waals surface area contributed by atoms with Crippen LogP contribution in [0.3, 0.4) is 0 Å². The van der Waals surface area contributed by atoms with E-state index in [9.17, 15) is 14.7 Å². The van der Waals surface area contributed by atoms with Gasteiger partial charge in [0.2, 0.25) is 5.91 Å². The normalized spacial score (nSPS) is 24.7. The van der Waals surface area contributed by atoms with E-state index in [1.807, 2.05) is 0 Å². The van der Waals surface area contributed by atoms with E-state index >= 15 is 0 Å². The molecule has 0 radical (unpaired) electrons. The second kappa shape index (κ2) is 5.46. The number of hydrogen-bond acceptors (Lipinski definition) is 4. The first-order valence-electron chi connectivity index (χ1n) is 7.15. The number of aromatic carboxylic acids is 1. The third-order valence-corrected chi connectivity index (χ3v) is 4.12. The van der Waals surface area contributed by atoms with Gasteiger partial charge in [-0.3, -0.25) is 4.79 Å². The average molecular weight is 290 g/mol. The number of hydrogen-bond donors (Lipinski definition) is 3. The highest BCUT2D eigenvalue weighted by Crippen LogP contribution is 2.29. The van der Waals surface area contributed by atoms with Crippen LogP contribution in [0.2, 0.25) is 0 Å². The lowest BCUT2D eigenvalue weighted by molar-refractivity contribution is -0.120. The van der Waals surface area contributed by atoms with Crippen LogP contribution in [0.5, 0.6) is 0 Å². The Morgan fingerprint density at radius 2 is 2.14 bits per heavy atom. The third kappa shape index (κ3) is 2.64. The predicted octanol–water partition coefficient (Wildman–Crippen LogP) is 0.387. The molecule has 2 unspecified atom stereocenters. The average Bonchev–Trinajstić information content (AvgIpc) is 2.91. The van der Waals surface area contributed by atoms with Crippen LogP contribution in [-0.2, 0) is 11.2 Å². The molecule has 0 spiro atoms. The summed E-state index contributed by atoms with van der Waals surface area (Å²) < 4.78 is 0. The molecule has 1 saturated heterocycles. The summed E-state index contributed by atoms with van der Waals surface area (Å²) in [6, 6.07) is 4.53. The zero-order valence-electron chi connectivity index (χ0n) is 11.6. The molecule has 2 aliphatic rings. The molecule has 0 saturated carbocycles. The molecule has 1 aromatic rings. The number of nitrogens with zero attached hydrogens (tertiary/aromatic N) is 1. The van der Waals surface area contributed by atoms with Crippen molar-refractivity contribution in [3.05, 3.63) is 29.3 Å². The molecule has 112 valence electrons. The van der Waals surface area contributed by atoms with Crippen LogP contribution >= 0.6 is 0 Å². The molecule has 2 atom stereocenters. The smallest absolute Gasteiger partial charge is 0.335 e. The van der Waals surface area contributed by atoms with Crippen molar-refractivity contribution in [2.24, 2.45) is 0 Å². The maximum absolute atomic E-state index is 12.6. The van der Waals surface area contributed by atoms with Gasteiger partial charge in [-0.1, -0.05) is 0 Å². The predicted molar refractivity (Wildman–Crippen MR) is 76.5 cm³/mol. The number of carbonyl (C=O) groups excluding carboxylic acids is 1. The Labute approximate surface area is 122 Å². The summed E-state index contributed by atoms with van der Waals surface area (Å²) in [6.45, 7) is 1.07. The monoisotopic (exact) mass is 290 g/mol. The summed E-state index contributed by atoms with van der Waals surface area (Å²) in [7, 11) is 0. The number of aliphatic hydroxyl groups excluding tert-OH is 1. The fourth-order valence-corrected chi connectivity index (χ4v) is 3.05. The molecule has 0 aromatic heterocycles. The number of carboxylic acids is 1. The molecule has 21 heavy (non-hydrogen) atoms. The Morgan fingerprint density at radius 3 is 2.81 bits per heavy atom. The highest BCUT2D eigenvalue weighted by molar-refractivity contribution is 5.99. The Morgan fingerprint density at radius 1 is 1.33 bits per heavy atom. The van der Waals surface area contributed by atoms with Gasteiger partial charge in [0.05, 0.1) is 17.7 Å². The van der Waals surface area contributed by atoms with Gasteiger partial charge in [0, 0.05) is 18.8 Å². The van der Waals surface area contributed by atoms with Crippen molar-refractivity contribution in [3.8, 4) is 0 Å². The van der Waals surface area contributed by atoms with E-state index in [1.165, 1.54) is 6.07 Å². The molecular formula is C15H18N2O4. The first kappa shape index (κ1) is 14.0. The Kier molecular flexibility index (Phi) is 3.65. The molecule has 1 aromatic carbocycles. The molecule has 2 heterocycles. The van der Waals surface area contributed by atoms with E-state index in [0.29, 0.717) is 19.5 Å². The quantitative estimate of drug-likeness (QED) is 0.733. The van der Waals surface area contributed by atoms with Crippen molar-refractivity contribution in [2.75, 3.05) is 18.0 Å². The van der Waals surface area contributed by atoms with Crippen LogP contribution < -0.4 is 10.2 Å². The maximum Gasteiger partial charge on any atom is 0.335 e. The van der Waals surface area contributed by atoms with Crippen LogP contribution in [0.1, 0.15) is 28.8 Å². The number of aryl methyl sites for hydroxylation is 1. The van der Waals surface area contributed by atoms with E-state index in [0.717, 1.165) is 24.1 Å². The lowest BCUT2D eigenvalue weighted by Gasteiger charge is -2.31. The van der Waals surface area contributed by atoms with E-state index in [-0.39, 0.29) is 17.5 Å². The lowest BCUT2D eigenvalue weighted by Crippen LogP contribution is -2.45. The fraction of sp³-hybridized carbons (Fsp3) is 0.467. The summed E-state index contributed by atoms with van der Waals surface area (Å²) in [5.41, 5.74) is 1.94. The standard InChI is InChI=1S/C15H18N2O4/c18-11-7-12(16-8-11)14(19)17-5-1-2-9-6-10(15(20)21)3-4-13(9)17/h3-4,6,11-12,16,18H,1-2,5,7-8H2,(H,20,21). The summed E-state index contributed by atoms with van der Waals surface area (Å²) in [5.74, 6) is -1.00. The van der Waals surface area contributed by atoms with Gasteiger partial charge in [0.1, 0.15) is 0 Å². The molecule has 0 aliphatic carbocycles. The van der Waals surface area contributed by atoms with Crippen molar-refractivity contribution in [2.45, 2.75) is 31.4 Å². The SMILES string of the molecule is O=C(O)c1ccc2c(c1)CCCN2C(=O)C1CC(O)CN1. The highest BCUT2D eigenvalue weighted by atomic mass is 16.4. The van der Waals surface area contributed by atoms with Gasteiger partial charge in [-0.05, 0) is 43.0 Å². The van der Waals surface area contributed by atoms with Gasteiger partial charge in [0.25, 0.3) is 0 Å². The fourth-order valence-electron chi connectivity index (χ4n) is 3.05. The molecular weight excluding hydrogens is 272 g/mol. The zero-order valence-corrected chi connectivity index (χ0v) is 11.6. The Bertz CT molecular complexity index is 587. The van der Waals surface area contributed by atoms with E-state index < -0.39 is 12.1 Å². The number of carbonyl (C=O) groups is 2. The molecule has 3 rings (SSSR count). The van der Waals surface area contributed by atoms with Crippen molar-refractivity contribution >= 4 is 17.6 Å². The van der Waals surface area contributed by atoms with Gasteiger partial charge in [-0.25, -0.2) is 4.79 Å². The highest BCUT2D eigenvalue weighted by Gasteiger charge is 2.33. The number of β-amino-alcohol motifs (C(OH)–C–C–N with tert-alkyl or cyclic N) is 1. The topological polar surface area (TPSA) is 89.9 Å². The van der Waals surface area contributed by atoms with Crippen molar-refractivity contribution in [1.82, 2.24) is 5.32 Å². The van der Waals surface area contributed by atoms with E-state index in [1.54, 1.807) is 17.0 Å². The van der Waals surface area contributed by atoms with Crippen LogP contribution in [0.15, 0.2) is 18.2 Å². The summed E-state index contributed by atoms with van der Waals surface area (Å²) >= 11 is 0. The minimum Gasteiger partial charge on any atom is -0.478 e. The number of rotatable bonds is 2. The molecule has 0 bridgehead atoms. The summed E-state index contributed by atoms with van der Waals surface area (Å²) in [6.07, 6.45) is 1.55. The number of aliphatic hydroxyl groups is 1. The van der Waals surface area contributed by atoms with Gasteiger partial charge in [0.15, 0.2) is 0 Å². The number of carboxylic acid groups (broad SMARTS) is 1. The van der Waals surface area contributed by atoms with E-state index in [4.69, 9.17) is 5.11 Å². The Hall–Kier alpha value is -1.92. The number of fused-ring (bicyclic) bond motifs is 1. The molecule has 1 fully saturated rings. The van der Waals surface area contributed by atoms with Crippen LogP contribution in [-0.4, -0.2) is 47.3 Å². The lowest BCUT2D eigenvalue weighted by atomic mass is 9.98. The first-order valence-corrected chi connectivity index (χ1v) is 7.15. The van der Waals surface area contributed by atoms with Gasteiger partial charge in [-0.2, -0.15) is 0 Å². The van der Waals surface area contributed by atoms with Crippen molar-refractivity contribution in [1.29, 1.82) is 0 Å². The van der Waals surface area contributed by atoms with Gasteiger partial charge in [-0.15, -0.1) is 0 Å². The van der Waals surface area contributed by atoms with Crippen LogP contribution in [0.4, 0.5) is 5.69 Å². The van der Waals surface area contributed by atoms with Gasteiger partial charge >= 0.3 is 5.97 Å².